The largest absolute Gasteiger partial charge is 0.434 e. The molecule has 17 heavy (non-hydrogen) atoms. The summed E-state index contributed by atoms with van der Waals surface area (Å²) in [5, 5.41) is 4.10. The predicted octanol–water partition coefficient (Wildman–Crippen LogP) is 1.53. The molecule has 0 atom stereocenters. The van der Waals surface area contributed by atoms with Crippen LogP contribution in [0.3, 0.4) is 0 Å². The first-order valence-electron chi connectivity index (χ1n) is 4.92. The number of aryl methyl sites for hydroxylation is 1. The molecule has 0 saturated carbocycles. The lowest BCUT2D eigenvalue weighted by Gasteiger charge is -2.06. The third-order valence-corrected chi connectivity index (χ3v) is 2.76. The molecule has 0 aliphatic heterocycles. The number of hydrazine groups is 1. The first-order chi connectivity index (χ1) is 8.24. The zero-order chi connectivity index (χ0) is 12.3. The zero-order valence-corrected chi connectivity index (χ0v) is 10.7. The lowest BCUT2D eigenvalue weighted by atomic mass is 10.5. The van der Waals surface area contributed by atoms with Crippen LogP contribution in [0.2, 0.25) is 0 Å². The van der Waals surface area contributed by atoms with E-state index in [0.717, 1.165) is 6.54 Å². The van der Waals surface area contributed by atoms with Gasteiger partial charge in [-0.2, -0.15) is 5.10 Å². The van der Waals surface area contributed by atoms with E-state index in [1.54, 1.807) is 17.1 Å². The van der Waals surface area contributed by atoms with Gasteiger partial charge in [-0.3, -0.25) is 4.68 Å². The van der Waals surface area contributed by atoms with Crippen LogP contribution in [-0.2, 0) is 6.54 Å². The number of anilines is 1. The third-order valence-electron chi connectivity index (χ3n) is 2.04. The van der Waals surface area contributed by atoms with Crippen LogP contribution in [0.25, 0.3) is 0 Å². The van der Waals surface area contributed by atoms with Crippen LogP contribution in [0.5, 0.6) is 11.6 Å². The van der Waals surface area contributed by atoms with Crippen LogP contribution >= 0.6 is 15.9 Å². The van der Waals surface area contributed by atoms with Crippen molar-refractivity contribution >= 4 is 21.7 Å². The van der Waals surface area contributed by atoms with Crippen LogP contribution in [0.4, 0.5) is 5.82 Å². The van der Waals surface area contributed by atoms with Crippen LogP contribution in [0, 0.1) is 0 Å². The summed E-state index contributed by atoms with van der Waals surface area (Å²) in [5.41, 5.74) is 2.44. The highest BCUT2D eigenvalue weighted by molar-refractivity contribution is 9.10. The van der Waals surface area contributed by atoms with Crippen molar-refractivity contribution in [2.45, 2.75) is 13.5 Å². The van der Waals surface area contributed by atoms with Gasteiger partial charge in [-0.1, -0.05) is 0 Å². The first-order valence-corrected chi connectivity index (χ1v) is 5.71. The van der Waals surface area contributed by atoms with Crippen molar-refractivity contribution in [2.24, 2.45) is 5.84 Å². The summed E-state index contributed by atoms with van der Waals surface area (Å²) in [7, 11) is 0. The molecule has 0 aliphatic carbocycles. The van der Waals surface area contributed by atoms with E-state index in [1.807, 2.05) is 6.92 Å². The number of hydrogen-bond acceptors (Lipinski definition) is 6. The van der Waals surface area contributed by atoms with Crippen molar-refractivity contribution in [1.82, 2.24) is 19.7 Å². The van der Waals surface area contributed by atoms with Gasteiger partial charge in [0.05, 0.1) is 12.4 Å². The minimum Gasteiger partial charge on any atom is -0.434 e. The maximum Gasteiger partial charge on any atom is 0.239 e. The molecule has 2 rings (SSSR count). The number of rotatable bonds is 4. The summed E-state index contributed by atoms with van der Waals surface area (Å²) >= 11 is 3.30. The van der Waals surface area contributed by atoms with Gasteiger partial charge in [0.25, 0.3) is 0 Å². The van der Waals surface area contributed by atoms with E-state index >= 15 is 0 Å². The molecule has 7 nitrogen and oxygen atoms in total. The number of aromatic nitrogens is 4. The first kappa shape index (κ1) is 11.8. The molecular weight excluding hydrogens is 288 g/mol. The standard InChI is InChI=1S/C9H11BrN6O/c1-2-16-4-6(3-14-16)17-9-7(10)8(15-11)12-5-13-9/h3-5H,2,11H2,1H3,(H,12,13,15). The Morgan fingerprint density at radius 3 is 3.00 bits per heavy atom. The van der Waals surface area contributed by atoms with E-state index in [-0.39, 0.29) is 0 Å². The summed E-state index contributed by atoms with van der Waals surface area (Å²) in [6.07, 6.45) is 4.76. The molecule has 3 N–H and O–H groups in total. The number of nitrogens with two attached hydrogens (primary N) is 1. The normalized spacial score (nSPS) is 10.3. The Bertz CT molecular complexity index is 514. The number of halogens is 1. The fourth-order valence-corrected chi connectivity index (χ4v) is 1.61. The van der Waals surface area contributed by atoms with Crippen molar-refractivity contribution < 1.29 is 4.74 Å². The summed E-state index contributed by atoms with van der Waals surface area (Å²) in [6.45, 7) is 2.78. The van der Waals surface area contributed by atoms with E-state index in [1.165, 1.54) is 6.33 Å². The second-order valence-electron chi connectivity index (χ2n) is 3.12. The Hall–Kier alpha value is -1.67. The van der Waals surface area contributed by atoms with Gasteiger partial charge in [-0.05, 0) is 22.9 Å². The molecule has 0 saturated heterocycles. The van der Waals surface area contributed by atoms with Gasteiger partial charge in [-0.15, -0.1) is 0 Å². The number of nitrogens with zero attached hydrogens (tertiary/aromatic N) is 4. The van der Waals surface area contributed by atoms with Crippen molar-refractivity contribution in [3.8, 4) is 11.6 Å². The zero-order valence-electron chi connectivity index (χ0n) is 9.09. The Labute approximate surface area is 106 Å². The molecule has 0 bridgehead atoms. The molecule has 8 heteroatoms. The molecule has 0 amide bonds. The second kappa shape index (κ2) is 5.11. The van der Waals surface area contributed by atoms with E-state index in [4.69, 9.17) is 10.6 Å². The Morgan fingerprint density at radius 1 is 1.53 bits per heavy atom. The molecule has 0 fully saturated rings. The molecule has 0 aromatic carbocycles. The molecule has 2 aromatic heterocycles. The topological polar surface area (TPSA) is 90.9 Å². The molecule has 0 radical (unpaired) electrons. The smallest absolute Gasteiger partial charge is 0.239 e. The van der Waals surface area contributed by atoms with Crippen molar-refractivity contribution in [3.63, 3.8) is 0 Å². The summed E-state index contributed by atoms with van der Waals surface area (Å²) in [5.74, 6) is 6.74. The van der Waals surface area contributed by atoms with Crippen molar-refractivity contribution in [3.05, 3.63) is 23.2 Å². The van der Waals surface area contributed by atoms with Crippen LogP contribution < -0.4 is 16.0 Å². The highest BCUT2D eigenvalue weighted by atomic mass is 79.9. The molecule has 0 unspecified atom stereocenters. The van der Waals surface area contributed by atoms with Gasteiger partial charge in [0.1, 0.15) is 10.8 Å². The van der Waals surface area contributed by atoms with Gasteiger partial charge in [0.2, 0.25) is 5.88 Å². The van der Waals surface area contributed by atoms with Crippen molar-refractivity contribution in [1.29, 1.82) is 0 Å². The van der Waals surface area contributed by atoms with E-state index in [9.17, 15) is 0 Å². The average Bonchev–Trinajstić information content (AvgIpc) is 2.79. The minimum absolute atomic E-state index is 0.378. The highest BCUT2D eigenvalue weighted by Gasteiger charge is 2.10. The van der Waals surface area contributed by atoms with Gasteiger partial charge in [0, 0.05) is 6.54 Å². The van der Waals surface area contributed by atoms with Crippen LogP contribution in [0.15, 0.2) is 23.2 Å². The average molecular weight is 299 g/mol. The van der Waals surface area contributed by atoms with Crippen molar-refractivity contribution in [2.75, 3.05) is 5.43 Å². The SMILES string of the molecule is CCn1cc(Oc2ncnc(NN)c2Br)cn1. The van der Waals surface area contributed by atoms with Gasteiger partial charge in [-0.25, -0.2) is 15.8 Å². The fraction of sp³-hybridized carbons (Fsp3) is 0.222. The van der Waals surface area contributed by atoms with E-state index < -0.39 is 0 Å². The number of ether oxygens (including phenoxy) is 1. The Balaban J connectivity index is 2.23. The predicted molar refractivity (Wildman–Crippen MR) is 65.5 cm³/mol. The van der Waals surface area contributed by atoms with Gasteiger partial charge < -0.3 is 10.2 Å². The summed E-state index contributed by atoms with van der Waals surface area (Å²) in [6, 6.07) is 0. The third kappa shape index (κ3) is 2.53. The maximum absolute atomic E-state index is 5.56. The van der Waals surface area contributed by atoms with Crippen LogP contribution in [0.1, 0.15) is 6.92 Å². The molecule has 90 valence electrons. The van der Waals surface area contributed by atoms with E-state index in [2.05, 4.69) is 36.4 Å². The molecular formula is C9H11BrN6O. The second-order valence-corrected chi connectivity index (χ2v) is 3.91. The Kier molecular flexibility index (Phi) is 3.55. The lowest BCUT2D eigenvalue weighted by molar-refractivity contribution is 0.457. The molecule has 0 aliphatic rings. The quantitative estimate of drug-likeness (QED) is 0.657. The summed E-state index contributed by atoms with van der Waals surface area (Å²) < 4.78 is 7.88. The van der Waals surface area contributed by atoms with Crippen LogP contribution in [-0.4, -0.2) is 19.7 Å². The minimum atomic E-state index is 0.378. The fourth-order valence-electron chi connectivity index (χ4n) is 1.21. The highest BCUT2D eigenvalue weighted by Crippen LogP contribution is 2.30. The van der Waals surface area contributed by atoms with Gasteiger partial charge >= 0.3 is 0 Å². The summed E-state index contributed by atoms with van der Waals surface area (Å²) in [4.78, 5) is 7.93. The van der Waals surface area contributed by atoms with E-state index in [0.29, 0.717) is 21.9 Å². The maximum atomic E-state index is 5.56. The van der Waals surface area contributed by atoms with Gasteiger partial charge in [0.15, 0.2) is 11.6 Å². The lowest BCUT2D eigenvalue weighted by Crippen LogP contribution is -2.09. The number of nitrogens with one attached hydrogen (secondary N) is 1. The molecule has 2 aromatic rings. The molecule has 0 spiro atoms. The number of nitrogen functional groups attached to an aromatic ring is 1. The Morgan fingerprint density at radius 2 is 2.35 bits per heavy atom. The number of hydrogen-bond donors (Lipinski definition) is 2. The molecule has 2 heterocycles. The monoisotopic (exact) mass is 298 g/mol.